The Balaban J connectivity index is 2.40. The lowest BCUT2D eigenvalue weighted by Gasteiger charge is -2.29. The Morgan fingerprint density at radius 2 is 2.10 bits per heavy atom. The van der Waals surface area contributed by atoms with E-state index in [1.165, 1.54) is 15.9 Å². The number of aliphatic hydroxyl groups excluding tert-OH is 1. The number of hydrogen-bond acceptors (Lipinski definition) is 5. The van der Waals surface area contributed by atoms with Gasteiger partial charge in [0.1, 0.15) is 11.4 Å². The first kappa shape index (κ1) is 15.9. The van der Waals surface area contributed by atoms with E-state index in [9.17, 15) is 18.3 Å². The number of aliphatic carboxylic acids is 1. The number of piperidine rings is 1. The molecule has 0 aliphatic carbocycles. The van der Waals surface area contributed by atoms with Gasteiger partial charge < -0.3 is 10.2 Å². The Morgan fingerprint density at radius 1 is 1.43 bits per heavy atom. The number of aliphatic hydroxyl groups is 1. The number of nitrogens with zero attached hydrogens (tertiary/aromatic N) is 3. The molecular formula is C12H19N3O5S. The molecule has 1 unspecified atom stereocenters. The smallest absolute Gasteiger partial charge is 0.325 e. The molecular weight excluding hydrogens is 298 g/mol. The van der Waals surface area contributed by atoms with E-state index < -0.39 is 22.1 Å². The van der Waals surface area contributed by atoms with Gasteiger partial charge in [-0.25, -0.2) is 8.42 Å². The van der Waals surface area contributed by atoms with Crippen LogP contribution < -0.4 is 0 Å². The fraction of sp³-hybridized carbons (Fsp3) is 0.667. The van der Waals surface area contributed by atoms with Gasteiger partial charge >= 0.3 is 5.97 Å². The minimum atomic E-state index is -3.77. The predicted molar refractivity (Wildman–Crippen MR) is 73.3 cm³/mol. The third kappa shape index (κ3) is 3.09. The Hall–Kier alpha value is -1.45. The summed E-state index contributed by atoms with van der Waals surface area (Å²) < 4.78 is 27.8. The highest BCUT2D eigenvalue weighted by Gasteiger charge is 2.34. The zero-order valence-corrected chi connectivity index (χ0v) is 12.8. The summed E-state index contributed by atoms with van der Waals surface area (Å²) in [5.41, 5.74) is 0.573. The quantitative estimate of drug-likeness (QED) is 0.790. The van der Waals surface area contributed by atoms with Crippen LogP contribution in [-0.2, 0) is 21.4 Å². The molecule has 1 saturated heterocycles. The zero-order valence-electron chi connectivity index (χ0n) is 12.0. The van der Waals surface area contributed by atoms with Crippen molar-refractivity contribution in [2.75, 3.05) is 13.1 Å². The van der Waals surface area contributed by atoms with Gasteiger partial charge in [-0.1, -0.05) is 0 Å². The molecule has 9 heteroatoms. The van der Waals surface area contributed by atoms with E-state index in [-0.39, 0.29) is 23.7 Å². The summed E-state index contributed by atoms with van der Waals surface area (Å²) in [7, 11) is -3.77. The van der Waals surface area contributed by atoms with E-state index in [2.05, 4.69) is 5.10 Å². The summed E-state index contributed by atoms with van der Waals surface area (Å²) in [5, 5.41) is 22.5. The van der Waals surface area contributed by atoms with E-state index in [4.69, 9.17) is 5.11 Å². The van der Waals surface area contributed by atoms with E-state index in [1.807, 2.05) is 0 Å². The standard InChI is InChI=1S/C12H19N3O5S/c1-8-12(9(2)15(13-8)7-11(17)18)21(19,20)14-5-3-4-10(16)6-14/h10,16H,3-7H2,1-2H3,(H,17,18). The topological polar surface area (TPSA) is 113 Å². The molecule has 2 rings (SSSR count). The molecule has 1 atom stereocenters. The van der Waals surface area contributed by atoms with Crippen molar-refractivity contribution in [3.05, 3.63) is 11.4 Å². The molecule has 118 valence electrons. The molecule has 0 radical (unpaired) electrons. The number of sulfonamides is 1. The molecule has 0 saturated carbocycles. The molecule has 21 heavy (non-hydrogen) atoms. The van der Waals surface area contributed by atoms with E-state index in [0.717, 1.165) is 0 Å². The van der Waals surface area contributed by atoms with Crippen molar-refractivity contribution < 1.29 is 23.4 Å². The third-order valence-electron chi connectivity index (χ3n) is 3.56. The zero-order chi connectivity index (χ0) is 15.8. The molecule has 8 nitrogen and oxygen atoms in total. The Morgan fingerprint density at radius 3 is 2.67 bits per heavy atom. The normalized spacial score (nSPS) is 20.6. The lowest BCUT2D eigenvalue weighted by atomic mass is 10.1. The summed E-state index contributed by atoms with van der Waals surface area (Å²) in [6.45, 7) is 3.10. The number of aromatic nitrogens is 2. The van der Waals surface area contributed by atoms with Crippen molar-refractivity contribution in [3.8, 4) is 0 Å². The van der Waals surface area contributed by atoms with Crippen molar-refractivity contribution in [1.29, 1.82) is 0 Å². The maximum atomic E-state index is 12.7. The molecule has 0 amide bonds. The molecule has 1 aliphatic rings. The van der Waals surface area contributed by atoms with Gasteiger partial charge in [0.05, 0.1) is 17.5 Å². The first-order valence-corrected chi connectivity index (χ1v) is 8.11. The second-order valence-corrected chi connectivity index (χ2v) is 7.09. The Bertz CT molecular complexity index is 652. The Kier molecular flexibility index (Phi) is 4.35. The van der Waals surface area contributed by atoms with Crippen LogP contribution in [0.1, 0.15) is 24.2 Å². The van der Waals surface area contributed by atoms with Crippen LogP contribution in [0.15, 0.2) is 4.90 Å². The second-order valence-electron chi connectivity index (χ2n) is 5.21. The first-order valence-electron chi connectivity index (χ1n) is 6.67. The largest absolute Gasteiger partial charge is 0.480 e. The lowest BCUT2D eigenvalue weighted by Crippen LogP contribution is -2.42. The number of hydrogen-bond donors (Lipinski definition) is 2. The molecule has 1 aromatic heterocycles. The highest BCUT2D eigenvalue weighted by atomic mass is 32.2. The minimum Gasteiger partial charge on any atom is -0.480 e. The Labute approximate surface area is 123 Å². The molecule has 0 spiro atoms. The van der Waals surface area contributed by atoms with Crippen LogP contribution in [-0.4, -0.2) is 57.9 Å². The average molecular weight is 317 g/mol. The number of rotatable bonds is 4. The number of carboxylic acid groups (broad SMARTS) is 1. The molecule has 0 aromatic carbocycles. The van der Waals surface area contributed by atoms with Gasteiger partial charge in [0.2, 0.25) is 10.0 Å². The summed E-state index contributed by atoms with van der Waals surface area (Å²) in [5.74, 6) is -1.09. The van der Waals surface area contributed by atoms with Gasteiger partial charge in [0.25, 0.3) is 0 Å². The molecule has 0 bridgehead atoms. The van der Waals surface area contributed by atoms with E-state index in [0.29, 0.717) is 25.1 Å². The van der Waals surface area contributed by atoms with E-state index >= 15 is 0 Å². The van der Waals surface area contributed by atoms with Crippen LogP contribution in [0.5, 0.6) is 0 Å². The maximum Gasteiger partial charge on any atom is 0.325 e. The number of carboxylic acids is 1. The van der Waals surface area contributed by atoms with Crippen LogP contribution in [0.25, 0.3) is 0 Å². The van der Waals surface area contributed by atoms with Crippen LogP contribution in [0.3, 0.4) is 0 Å². The minimum absolute atomic E-state index is 0.0397. The van der Waals surface area contributed by atoms with Gasteiger partial charge in [-0.2, -0.15) is 9.40 Å². The molecule has 2 heterocycles. The summed E-state index contributed by atoms with van der Waals surface area (Å²) in [6, 6.07) is 0. The number of β-amino-alcohol motifs (C(OH)–C–C–N with tert-alkyl or cyclic N) is 1. The number of aryl methyl sites for hydroxylation is 1. The van der Waals surface area contributed by atoms with E-state index in [1.54, 1.807) is 6.92 Å². The SMILES string of the molecule is Cc1nn(CC(=O)O)c(C)c1S(=O)(=O)N1CCCC(O)C1. The van der Waals surface area contributed by atoms with Gasteiger partial charge in [0, 0.05) is 13.1 Å². The van der Waals surface area contributed by atoms with Gasteiger partial charge in [0.15, 0.2) is 0 Å². The van der Waals surface area contributed by atoms with Gasteiger partial charge in [-0.15, -0.1) is 0 Å². The van der Waals surface area contributed by atoms with Crippen molar-refractivity contribution in [3.63, 3.8) is 0 Å². The third-order valence-corrected chi connectivity index (χ3v) is 5.68. The molecule has 2 N–H and O–H groups in total. The van der Waals surface area contributed by atoms with Gasteiger partial charge in [-0.05, 0) is 26.7 Å². The van der Waals surface area contributed by atoms with Crippen molar-refractivity contribution in [1.82, 2.24) is 14.1 Å². The van der Waals surface area contributed by atoms with Crippen LogP contribution in [0, 0.1) is 13.8 Å². The van der Waals surface area contributed by atoms with Crippen LogP contribution >= 0.6 is 0 Å². The molecule has 1 aliphatic heterocycles. The highest BCUT2D eigenvalue weighted by molar-refractivity contribution is 7.89. The maximum absolute atomic E-state index is 12.7. The van der Waals surface area contributed by atoms with Gasteiger partial charge in [-0.3, -0.25) is 9.48 Å². The summed E-state index contributed by atoms with van der Waals surface area (Å²) >= 11 is 0. The highest BCUT2D eigenvalue weighted by Crippen LogP contribution is 2.26. The van der Waals surface area contributed by atoms with Crippen LogP contribution in [0.4, 0.5) is 0 Å². The average Bonchev–Trinajstić information content (AvgIpc) is 2.64. The fourth-order valence-electron chi connectivity index (χ4n) is 2.60. The van der Waals surface area contributed by atoms with Crippen molar-refractivity contribution in [2.24, 2.45) is 0 Å². The second kappa shape index (κ2) is 5.74. The van der Waals surface area contributed by atoms with Crippen molar-refractivity contribution >= 4 is 16.0 Å². The van der Waals surface area contributed by atoms with Crippen molar-refractivity contribution in [2.45, 2.75) is 44.2 Å². The fourth-order valence-corrected chi connectivity index (χ4v) is 4.49. The molecule has 1 fully saturated rings. The lowest BCUT2D eigenvalue weighted by molar-refractivity contribution is -0.137. The summed E-state index contributed by atoms with van der Waals surface area (Å²) in [4.78, 5) is 10.8. The first-order chi connectivity index (χ1) is 9.73. The number of carbonyl (C=O) groups is 1. The van der Waals surface area contributed by atoms with Crippen LogP contribution in [0.2, 0.25) is 0 Å². The molecule has 1 aromatic rings. The monoisotopic (exact) mass is 317 g/mol. The summed E-state index contributed by atoms with van der Waals surface area (Å²) in [6.07, 6.45) is 0.521. The predicted octanol–water partition coefficient (Wildman–Crippen LogP) is -0.270.